The molecule has 0 rings (SSSR count). The zero-order valence-corrected chi connectivity index (χ0v) is 7.58. The van der Waals surface area contributed by atoms with Gasteiger partial charge in [-0.3, -0.25) is 4.79 Å². The van der Waals surface area contributed by atoms with Crippen LogP contribution in [0.5, 0.6) is 0 Å². The molecule has 0 saturated heterocycles. The van der Waals surface area contributed by atoms with Crippen molar-refractivity contribution in [1.29, 1.82) is 0 Å². The van der Waals surface area contributed by atoms with E-state index in [1.54, 1.807) is 0 Å². The minimum atomic E-state index is -1.66. The topological polar surface area (TPSA) is 89.8 Å². The molecule has 0 heterocycles. The van der Waals surface area contributed by atoms with Crippen molar-refractivity contribution in [2.24, 2.45) is 0 Å². The van der Waals surface area contributed by atoms with Gasteiger partial charge in [0.1, 0.15) is 5.60 Å². The van der Waals surface area contributed by atoms with Crippen LogP contribution in [-0.4, -0.2) is 46.6 Å². The fraction of sp³-hybridized carbons (Fsp3) is 0.625. The highest BCUT2D eigenvalue weighted by Gasteiger charge is 2.25. The number of carbonyl (C=O) groups is 1. The molecule has 0 aliphatic carbocycles. The molecule has 0 aromatic carbocycles. The average Bonchev–Trinajstić information content (AvgIpc) is 2.13. The Labute approximate surface area is 76.7 Å². The summed E-state index contributed by atoms with van der Waals surface area (Å²) in [5.74, 6) is -0.416. The molecule has 0 unspecified atom stereocenters. The van der Waals surface area contributed by atoms with Crippen LogP contribution in [0.3, 0.4) is 0 Å². The summed E-state index contributed by atoms with van der Waals surface area (Å²) in [5, 5.41) is 28.9. The van der Waals surface area contributed by atoms with Crippen LogP contribution < -0.4 is 5.32 Å². The molecule has 0 bridgehead atoms. The molecule has 13 heavy (non-hydrogen) atoms. The van der Waals surface area contributed by atoms with Crippen molar-refractivity contribution in [1.82, 2.24) is 5.32 Å². The van der Waals surface area contributed by atoms with Gasteiger partial charge in [-0.15, -0.1) is 0 Å². The summed E-state index contributed by atoms with van der Waals surface area (Å²) in [4.78, 5) is 10.9. The summed E-state index contributed by atoms with van der Waals surface area (Å²) in [5.41, 5.74) is -1.36. The second-order valence-electron chi connectivity index (χ2n) is 3.00. The molecule has 0 saturated carbocycles. The number of hydrogen-bond acceptors (Lipinski definition) is 4. The lowest BCUT2D eigenvalue weighted by Gasteiger charge is -2.23. The molecule has 0 aromatic heterocycles. The van der Waals surface area contributed by atoms with E-state index < -0.39 is 24.7 Å². The highest BCUT2D eigenvalue weighted by molar-refractivity contribution is 5.92. The van der Waals surface area contributed by atoms with Crippen LogP contribution in [0.25, 0.3) is 0 Å². The van der Waals surface area contributed by atoms with Gasteiger partial charge in [0.15, 0.2) is 0 Å². The first-order valence-corrected chi connectivity index (χ1v) is 3.83. The smallest absolute Gasteiger partial charge is 0.246 e. The number of aliphatic hydroxyl groups excluding tert-OH is 2. The molecular weight excluding hydrogens is 174 g/mol. The quantitative estimate of drug-likeness (QED) is 0.392. The van der Waals surface area contributed by atoms with Gasteiger partial charge in [0.2, 0.25) is 5.91 Å². The lowest BCUT2D eigenvalue weighted by Crippen LogP contribution is -2.48. The van der Waals surface area contributed by atoms with Gasteiger partial charge in [-0.2, -0.15) is 0 Å². The summed E-state index contributed by atoms with van der Waals surface area (Å²) in [6.45, 7) is 3.48. The molecule has 0 spiro atoms. The molecule has 0 atom stereocenters. The lowest BCUT2D eigenvalue weighted by molar-refractivity contribution is -0.120. The Morgan fingerprint density at radius 3 is 2.23 bits per heavy atom. The van der Waals surface area contributed by atoms with Crippen LogP contribution in [0.4, 0.5) is 0 Å². The minimum Gasteiger partial charge on any atom is -0.393 e. The zero-order chi connectivity index (χ0) is 10.5. The minimum absolute atomic E-state index is 0.203. The van der Waals surface area contributed by atoms with Crippen LogP contribution in [0.15, 0.2) is 12.2 Å². The van der Waals surface area contributed by atoms with E-state index in [0.717, 1.165) is 0 Å². The second kappa shape index (κ2) is 4.96. The Balaban J connectivity index is 4.00. The summed E-state index contributed by atoms with van der Waals surface area (Å²) in [7, 11) is 0. The maximum absolute atomic E-state index is 10.9. The number of hydrogen-bond donors (Lipinski definition) is 4. The van der Waals surface area contributed by atoms with Crippen LogP contribution >= 0.6 is 0 Å². The van der Waals surface area contributed by atoms with E-state index in [4.69, 9.17) is 10.2 Å². The molecule has 4 N–H and O–H groups in total. The molecule has 0 aliphatic rings. The average molecular weight is 189 g/mol. The van der Waals surface area contributed by atoms with E-state index in [1.807, 2.05) is 0 Å². The monoisotopic (exact) mass is 189 g/mol. The van der Waals surface area contributed by atoms with Crippen molar-refractivity contribution in [2.45, 2.75) is 12.5 Å². The summed E-state index contributed by atoms with van der Waals surface area (Å²) >= 11 is 0. The van der Waals surface area contributed by atoms with Gasteiger partial charge in [-0.05, 0) is 6.92 Å². The maximum atomic E-state index is 10.9. The van der Waals surface area contributed by atoms with Crippen molar-refractivity contribution in [3.63, 3.8) is 0 Å². The third kappa shape index (κ3) is 4.02. The van der Waals surface area contributed by atoms with E-state index in [9.17, 15) is 9.90 Å². The van der Waals surface area contributed by atoms with Gasteiger partial charge in [-0.25, -0.2) is 0 Å². The molecule has 1 amide bonds. The standard InChI is InChI=1S/C8H15NO4/c1-6(2)7(12)9-3-8(13,4-10)5-11/h10-11,13H,1,3-5H2,2H3,(H,9,12). The largest absolute Gasteiger partial charge is 0.393 e. The molecule has 5 nitrogen and oxygen atoms in total. The number of amides is 1. The van der Waals surface area contributed by atoms with Crippen LogP contribution in [0.2, 0.25) is 0 Å². The van der Waals surface area contributed by atoms with E-state index in [-0.39, 0.29) is 6.54 Å². The van der Waals surface area contributed by atoms with Crippen molar-refractivity contribution < 1.29 is 20.1 Å². The van der Waals surface area contributed by atoms with E-state index in [1.165, 1.54) is 6.92 Å². The SMILES string of the molecule is C=C(C)C(=O)NCC(O)(CO)CO. The molecule has 0 aliphatic heterocycles. The Morgan fingerprint density at radius 2 is 1.92 bits per heavy atom. The Morgan fingerprint density at radius 1 is 1.46 bits per heavy atom. The first-order valence-electron chi connectivity index (χ1n) is 3.83. The summed E-state index contributed by atoms with van der Waals surface area (Å²) in [6, 6.07) is 0. The van der Waals surface area contributed by atoms with Gasteiger partial charge in [0.25, 0.3) is 0 Å². The first kappa shape index (κ1) is 12.1. The predicted octanol–water partition coefficient (Wildman–Crippen LogP) is -1.61. The number of carbonyl (C=O) groups excluding carboxylic acids is 1. The maximum Gasteiger partial charge on any atom is 0.246 e. The van der Waals surface area contributed by atoms with Crippen molar-refractivity contribution >= 4 is 5.91 Å². The fourth-order valence-electron chi connectivity index (χ4n) is 0.557. The third-order valence-electron chi connectivity index (χ3n) is 1.55. The highest BCUT2D eigenvalue weighted by Crippen LogP contribution is 2.00. The Kier molecular flexibility index (Phi) is 4.61. The van der Waals surface area contributed by atoms with Gasteiger partial charge < -0.3 is 20.6 Å². The fourth-order valence-corrected chi connectivity index (χ4v) is 0.557. The van der Waals surface area contributed by atoms with Crippen molar-refractivity contribution in [2.75, 3.05) is 19.8 Å². The Bertz CT molecular complexity index is 198. The van der Waals surface area contributed by atoms with E-state index >= 15 is 0 Å². The predicted molar refractivity (Wildman–Crippen MR) is 46.9 cm³/mol. The number of rotatable bonds is 5. The van der Waals surface area contributed by atoms with Crippen LogP contribution in [-0.2, 0) is 4.79 Å². The lowest BCUT2D eigenvalue weighted by atomic mass is 10.1. The number of aliphatic hydroxyl groups is 3. The molecule has 0 aromatic rings. The third-order valence-corrected chi connectivity index (χ3v) is 1.55. The zero-order valence-electron chi connectivity index (χ0n) is 7.58. The van der Waals surface area contributed by atoms with Crippen molar-refractivity contribution in [3.8, 4) is 0 Å². The molecular formula is C8H15NO4. The van der Waals surface area contributed by atoms with Crippen LogP contribution in [0.1, 0.15) is 6.92 Å². The van der Waals surface area contributed by atoms with Gasteiger partial charge >= 0.3 is 0 Å². The van der Waals surface area contributed by atoms with Crippen LogP contribution in [0, 0.1) is 0 Å². The van der Waals surface area contributed by atoms with Gasteiger partial charge in [0, 0.05) is 5.57 Å². The summed E-state index contributed by atoms with van der Waals surface area (Å²) in [6.07, 6.45) is 0. The summed E-state index contributed by atoms with van der Waals surface area (Å²) < 4.78 is 0. The molecule has 5 heteroatoms. The molecule has 76 valence electrons. The van der Waals surface area contributed by atoms with E-state index in [0.29, 0.717) is 5.57 Å². The molecule has 0 radical (unpaired) electrons. The van der Waals surface area contributed by atoms with E-state index in [2.05, 4.69) is 11.9 Å². The second-order valence-corrected chi connectivity index (χ2v) is 3.00. The normalized spacial score (nSPS) is 11.1. The van der Waals surface area contributed by atoms with Gasteiger partial charge in [-0.1, -0.05) is 6.58 Å². The first-order chi connectivity index (χ1) is 5.95. The van der Waals surface area contributed by atoms with Gasteiger partial charge in [0.05, 0.1) is 19.8 Å². The highest BCUT2D eigenvalue weighted by atomic mass is 16.4. The molecule has 0 fully saturated rings. The Hall–Kier alpha value is -0.910. The number of nitrogens with one attached hydrogen (secondary N) is 1. The van der Waals surface area contributed by atoms with Crippen molar-refractivity contribution in [3.05, 3.63) is 12.2 Å².